The number of hydrogen-bond acceptors (Lipinski definition) is 3. The zero-order valence-corrected chi connectivity index (χ0v) is 12.4. The molecule has 0 bridgehead atoms. The fourth-order valence-corrected chi connectivity index (χ4v) is 2.44. The van der Waals surface area contributed by atoms with Crippen molar-refractivity contribution in [2.75, 3.05) is 0 Å². The minimum Gasteiger partial charge on any atom is -0.393 e. The summed E-state index contributed by atoms with van der Waals surface area (Å²) in [5.74, 6) is -0.0638. The molecule has 0 fully saturated rings. The van der Waals surface area contributed by atoms with Crippen LogP contribution in [0.5, 0.6) is 0 Å². The molecule has 2 N–H and O–H groups in total. The van der Waals surface area contributed by atoms with E-state index in [1.807, 2.05) is 27.7 Å². The van der Waals surface area contributed by atoms with Gasteiger partial charge in [0.05, 0.1) is 12.2 Å². The van der Waals surface area contributed by atoms with E-state index < -0.39 is 0 Å². The maximum atomic E-state index is 12.1. The van der Waals surface area contributed by atoms with Crippen LogP contribution in [0.15, 0.2) is 0 Å². The largest absolute Gasteiger partial charge is 0.393 e. The lowest BCUT2D eigenvalue weighted by Gasteiger charge is -2.20. The van der Waals surface area contributed by atoms with Gasteiger partial charge in [-0.2, -0.15) is 0 Å². The summed E-state index contributed by atoms with van der Waals surface area (Å²) in [4.78, 5) is 12.1. The Kier molecular flexibility index (Phi) is 9.29. The van der Waals surface area contributed by atoms with Crippen LogP contribution in [-0.4, -0.2) is 28.2 Å². The van der Waals surface area contributed by atoms with E-state index in [0.717, 1.165) is 25.7 Å². The average Bonchev–Trinajstić information content (AvgIpc) is 2.28. The molecule has 0 aliphatic rings. The number of Topliss-reactive ketones (excluding diaryl/α,β-unsaturated/α-hetero) is 1. The third-order valence-electron chi connectivity index (χ3n) is 3.47. The van der Waals surface area contributed by atoms with Crippen molar-refractivity contribution in [1.29, 1.82) is 0 Å². The molecule has 0 rings (SSSR count). The Balaban J connectivity index is 4.11. The molecule has 0 aromatic rings. The standard InChI is InChI=1S/C15H30O3/c1-5-7-13(16)9-11(3)15(18)12(4)10-14(17)8-6-2/h11-14,16-17H,5-10H2,1-4H3. The lowest BCUT2D eigenvalue weighted by atomic mass is 9.86. The summed E-state index contributed by atoms with van der Waals surface area (Å²) in [6.07, 6.45) is 3.72. The first-order chi connectivity index (χ1) is 8.42. The zero-order chi connectivity index (χ0) is 14.1. The first-order valence-electron chi connectivity index (χ1n) is 7.32. The van der Waals surface area contributed by atoms with Crippen LogP contribution in [0.2, 0.25) is 0 Å². The number of ketones is 1. The Morgan fingerprint density at radius 2 is 1.22 bits per heavy atom. The van der Waals surface area contributed by atoms with Gasteiger partial charge in [0.1, 0.15) is 5.78 Å². The van der Waals surface area contributed by atoms with E-state index in [2.05, 4.69) is 0 Å². The predicted octanol–water partition coefficient (Wildman–Crippen LogP) is 2.93. The number of aliphatic hydroxyl groups is 2. The second-order valence-electron chi connectivity index (χ2n) is 5.56. The molecule has 0 saturated carbocycles. The van der Waals surface area contributed by atoms with Crippen LogP contribution in [0.4, 0.5) is 0 Å². The van der Waals surface area contributed by atoms with E-state index in [9.17, 15) is 15.0 Å². The Labute approximate surface area is 112 Å². The van der Waals surface area contributed by atoms with Gasteiger partial charge in [-0.05, 0) is 25.7 Å². The van der Waals surface area contributed by atoms with Crippen LogP contribution in [0, 0.1) is 11.8 Å². The molecule has 0 saturated heterocycles. The zero-order valence-electron chi connectivity index (χ0n) is 12.4. The van der Waals surface area contributed by atoms with Gasteiger partial charge in [-0.3, -0.25) is 4.79 Å². The first kappa shape index (κ1) is 17.6. The fraction of sp³-hybridized carbons (Fsp3) is 0.933. The summed E-state index contributed by atoms with van der Waals surface area (Å²) in [5.41, 5.74) is 0. The van der Waals surface area contributed by atoms with Gasteiger partial charge < -0.3 is 10.2 Å². The summed E-state index contributed by atoms with van der Waals surface area (Å²) in [5, 5.41) is 19.4. The summed E-state index contributed by atoms with van der Waals surface area (Å²) in [7, 11) is 0. The van der Waals surface area contributed by atoms with Crippen molar-refractivity contribution >= 4 is 5.78 Å². The van der Waals surface area contributed by atoms with Crippen molar-refractivity contribution in [3.05, 3.63) is 0 Å². The van der Waals surface area contributed by atoms with Crippen LogP contribution in [0.25, 0.3) is 0 Å². The second-order valence-corrected chi connectivity index (χ2v) is 5.56. The Bertz CT molecular complexity index is 206. The maximum absolute atomic E-state index is 12.1. The highest BCUT2D eigenvalue weighted by Gasteiger charge is 2.23. The van der Waals surface area contributed by atoms with Gasteiger partial charge in [-0.15, -0.1) is 0 Å². The molecule has 0 aliphatic carbocycles. The minimum absolute atomic E-state index is 0.115. The van der Waals surface area contributed by atoms with Gasteiger partial charge in [-0.25, -0.2) is 0 Å². The highest BCUT2D eigenvalue weighted by molar-refractivity contribution is 5.82. The number of carbonyl (C=O) groups excluding carboxylic acids is 1. The predicted molar refractivity (Wildman–Crippen MR) is 74.4 cm³/mol. The van der Waals surface area contributed by atoms with E-state index >= 15 is 0 Å². The first-order valence-corrected chi connectivity index (χ1v) is 7.32. The quantitative estimate of drug-likeness (QED) is 0.633. The molecule has 0 heterocycles. The van der Waals surface area contributed by atoms with Crippen molar-refractivity contribution in [3.63, 3.8) is 0 Å². The van der Waals surface area contributed by atoms with E-state index in [1.165, 1.54) is 0 Å². The van der Waals surface area contributed by atoms with Gasteiger partial charge in [-0.1, -0.05) is 40.5 Å². The average molecular weight is 258 g/mol. The minimum atomic E-state index is -0.373. The molecule has 0 radical (unpaired) electrons. The highest BCUT2D eigenvalue weighted by Crippen LogP contribution is 2.19. The molecule has 3 nitrogen and oxygen atoms in total. The topological polar surface area (TPSA) is 57.5 Å². The molecule has 0 spiro atoms. The Morgan fingerprint density at radius 3 is 1.50 bits per heavy atom. The number of carbonyl (C=O) groups is 1. The lowest BCUT2D eigenvalue weighted by Crippen LogP contribution is -2.26. The van der Waals surface area contributed by atoms with Crippen molar-refractivity contribution in [1.82, 2.24) is 0 Å². The van der Waals surface area contributed by atoms with Gasteiger partial charge in [0.25, 0.3) is 0 Å². The van der Waals surface area contributed by atoms with Gasteiger partial charge in [0.15, 0.2) is 0 Å². The molecule has 3 heteroatoms. The molecule has 4 atom stereocenters. The van der Waals surface area contributed by atoms with Gasteiger partial charge >= 0.3 is 0 Å². The number of hydrogen-bond donors (Lipinski definition) is 2. The molecule has 0 amide bonds. The van der Waals surface area contributed by atoms with E-state index in [0.29, 0.717) is 12.8 Å². The molecule has 0 aromatic carbocycles. The van der Waals surface area contributed by atoms with Crippen LogP contribution in [0.3, 0.4) is 0 Å². The summed E-state index contributed by atoms with van der Waals surface area (Å²) < 4.78 is 0. The van der Waals surface area contributed by atoms with E-state index in [1.54, 1.807) is 0 Å². The SMILES string of the molecule is CCCC(O)CC(C)C(=O)C(C)CC(O)CCC. The number of rotatable bonds is 10. The van der Waals surface area contributed by atoms with Crippen molar-refractivity contribution in [2.45, 2.75) is 78.4 Å². The molecule has 0 aromatic heterocycles. The Morgan fingerprint density at radius 1 is 0.889 bits per heavy atom. The van der Waals surface area contributed by atoms with Crippen LogP contribution in [0.1, 0.15) is 66.2 Å². The highest BCUT2D eigenvalue weighted by atomic mass is 16.3. The van der Waals surface area contributed by atoms with Crippen LogP contribution >= 0.6 is 0 Å². The summed E-state index contributed by atoms with van der Waals surface area (Å²) in [6, 6.07) is 0. The molecule has 0 aliphatic heterocycles. The van der Waals surface area contributed by atoms with Gasteiger partial charge in [0, 0.05) is 11.8 Å². The lowest BCUT2D eigenvalue weighted by molar-refractivity contribution is -0.127. The van der Waals surface area contributed by atoms with Crippen LogP contribution in [-0.2, 0) is 4.79 Å². The third kappa shape index (κ3) is 7.12. The van der Waals surface area contributed by atoms with Crippen molar-refractivity contribution < 1.29 is 15.0 Å². The molecule has 4 unspecified atom stereocenters. The van der Waals surface area contributed by atoms with Crippen LogP contribution < -0.4 is 0 Å². The third-order valence-corrected chi connectivity index (χ3v) is 3.47. The second kappa shape index (κ2) is 9.51. The Hall–Kier alpha value is -0.410. The molecule has 108 valence electrons. The monoisotopic (exact) mass is 258 g/mol. The normalized spacial score (nSPS) is 18.1. The van der Waals surface area contributed by atoms with Gasteiger partial charge in [0.2, 0.25) is 0 Å². The van der Waals surface area contributed by atoms with Crippen molar-refractivity contribution in [3.8, 4) is 0 Å². The van der Waals surface area contributed by atoms with Crippen molar-refractivity contribution in [2.24, 2.45) is 11.8 Å². The molecule has 18 heavy (non-hydrogen) atoms. The summed E-state index contributed by atoms with van der Waals surface area (Å²) >= 11 is 0. The van der Waals surface area contributed by atoms with E-state index in [4.69, 9.17) is 0 Å². The molecular weight excluding hydrogens is 228 g/mol. The fourth-order valence-electron chi connectivity index (χ4n) is 2.44. The van der Waals surface area contributed by atoms with E-state index in [-0.39, 0.29) is 29.8 Å². The summed E-state index contributed by atoms with van der Waals surface area (Å²) in [6.45, 7) is 7.81. The molecular formula is C15H30O3. The smallest absolute Gasteiger partial charge is 0.138 e. The number of aliphatic hydroxyl groups excluding tert-OH is 2. The maximum Gasteiger partial charge on any atom is 0.138 e.